The van der Waals surface area contributed by atoms with Crippen LogP contribution in [0.15, 0.2) is 22.9 Å². The van der Waals surface area contributed by atoms with Crippen molar-refractivity contribution in [3.63, 3.8) is 0 Å². The van der Waals surface area contributed by atoms with Crippen LogP contribution in [-0.2, 0) is 5.41 Å². The highest BCUT2D eigenvalue weighted by Gasteiger charge is 2.23. The fraction of sp³-hybridized carbons (Fsp3) is 0.333. The van der Waals surface area contributed by atoms with Crippen LogP contribution in [0.1, 0.15) is 26.5 Å². The Balaban J connectivity index is 2.51. The molecule has 16 heavy (non-hydrogen) atoms. The monoisotopic (exact) mass is 215 g/mol. The van der Waals surface area contributed by atoms with Crippen LogP contribution in [0.4, 0.5) is 0 Å². The number of aromatic amines is 1. The lowest BCUT2D eigenvalue weighted by Crippen LogP contribution is -2.11. The summed E-state index contributed by atoms with van der Waals surface area (Å²) in [5, 5.41) is 13.3. The molecule has 0 radical (unpaired) electrons. The molecule has 82 valence electrons. The molecular formula is C12H13N3O. The molecule has 3 aromatic rings. The van der Waals surface area contributed by atoms with E-state index in [0.717, 1.165) is 27.6 Å². The van der Waals surface area contributed by atoms with Gasteiger partial charge in [0.25, 0.3) is 0 Å². The number of H-pyrrole nitrogens is 1. The van der Waals surface area contributed by atoms with Gasteiger partial charge in [-0.1, -0.05) is 25.9 Å². The minimum Gasteiger partial charge on any atom is -0.356 e. The van der Waals surface area contributed by atoms with Crippen molar-refractivity contribution in [3.05, 3.63) is 24.0 Å². The molecule has 4 heteroatoms. The molecule has 1 N–H and O–H groups in total. The van der Waals surface area contributed by atoms with Gasteiger partial charge in [0, 0.05) is 10.8 Å². The van der Waals surface area contributed by atoms with E-state index in [0.29, 0.717) is 0 Å². The molecule has 0 bridgehead atoms. The van der Waals surface area contributed by atoms with Gasteiger partial charge in [-0.25, -0.2) is 0 Å². The zero-order chi connectivity index (χ0) is 11.3. The summed E-state index contributed by atoms with van der Waals surface area (Å²) >= 11 is 0. The molecule has 0 atom stereocenters. The Morgan fingerprint density at radius 3 is 2.81 bits per heavy atom. The molecule has 0 amide bonds. The Labute approximate surface area is 92.6 Å². The average molecular weight is 215 g/mol. The number of aromatic nitrogens is 3. The molecule has 0 aliphatic rings. The maximum Gasteiger partial charge on any atom is 0.167 e. The van der Waals surface area contributed by atoms with Crippen LogP contribution in [0.25, 0.3) is 21.9 Å². The number of fused-ring (bicyclic) bond motifs is 3. The van der Waals surface area contributed by atoms with E-state index in [1.807, 2.05) is 18.3 Å². The largest absolute Gasteiger partial charge is 0.356 e. The molecule has 0 unspecified atom stereocenters. The molecule has 4 nitrogen and oxygen atoms in total. The van der Waals surface area contributed by atoms with E-state index in [4.69, 9.17) is 4.52 Å². The van der Waals surface area contributed by atoms with Crippen molar-refractivity contribution in [2.45, 2.75) is 26.2 Å². The summed E-state index contributed by atoms with van der Waals surface area (Å²) in [7, 11) is 0. The van der Waals surface area contributed by atoms with Gasteiger partial charge in [0.1, 0.15) is 0 Å². The van der Waals surface area contributed by atoms with Gasteiger partial charge in [-0.2, -0.15) is 5.10 Å². The topological polar surface area (TPSA) is 54.7 Å². The van der Waals surface area contributed by atoms with Crippen molar-refractivity contribution in [1.29, 1.82) is 0 Å². The van der Waals surface area contributed by atoms with Crippen molar-refractivity contribution in [2.24, 2.45) is 0 Å². The molecule has 2 heterocycles. The van der Waals surface area contributed by atoms with E-state index in [-0.39, 0.29) is 5.41 Å². The van der Waals surface area contributed by atoms with Gasteiger partial charge in [0.05, 0.1) is 22.8 Å². The third kappa shape index (κ3) is 1.16. The van der Waals surface area contributed by atoms with Crippen molar-refractivity contribution in [1.82, 2.24) is 15.4 Å². The Kier molecular flexibility index (Phi) is 1.67. The number of hydrogen-bond acceptors (Lipinski definition) is 3. The highest BCUT2D eigenvalue weighted by atomic mass is 16.5. The SMILES string of the molecule is CC(C)(C)c1noc2ccc3[nH]ncc3c12. The van der Waals surface area contributed by atoms with Crippen LogP contribution < -0.4 is 0 Å². The highest BCUT2D eigenvalue weighted by molar-refractivity contribution is 6.05. The van der Waals surface area contributed by atoms with Crippen LogP contribution in [0.3, 0.4) is 0 Å². The second-order valence-corrected chi connectivity index (χ2v) is 5.05. The Bertz CT molecular complexity index is 658. The number of nitrogens with zero attached hydrogens (tertiary/aromatic N) is 2. The predicted molar refractivity (Wildman–Crippen MR) is 62.4 cm³/mol. The van der Waals surface area contributed by atoms with Crippen LogP contribution in [0.5, 0.6) is 0 Å². The van der Waals surface area contributed by atoms with Gasteiger partial charge in [0.15, 0.2) is 5.58 Å². The number of nitrogens with one attached hydrogen (secondary N) is 1. The highest BCUT2D eigenvalue weighted by Crippen LogP contribution is 2.33. The second-order valence-electron chi connectivity index (χ2n) is 5.05. The number of benzene rings is 1. The summed E-state index contributed by atoms with van der Waals surface area (Å²) in [5.41, 5.74) is 2.78. The zero-order valence-electron chi connectivity index (χ0n) is 9.53. The first-order valence-corrected chi connectivity index (χ1v) is 5.29. The first-order valence-electron chi connectivity index (χ1n) is 5.29. The van der Waals surface area contributed by atoms with Gasteiger partial charge in [0.2, 0.25) is 0 Å². The minimum atomic E-state index is -0.0309. The fourth-order valence-electron chi connectivity index (χ4n) is 1.97. The maximum absolute atomic E-state index is 5.36. The molecular weight excluding hydrogens is 202 g/mol. The van der Waals surface area contributed by atoms with Crippen LogP contribution >= 0.6 is 0 Å². The fourth-order valence-corrected chi connectivity index (χ4v) is 1.97. The third-order valence-corrected chi connectivity index (χ3v) is 2.77. The molecule has 0 saturated carbocycles. The van der Waals surface area contributed by atoms with Crippen molar-refractivity contribution >= 4 is 21.9 Å². The van der Waals surface area contributed by atoms with E-state index in [9.17, 15) is 0 Å². The van der Waals surface area contributed by atoms with Gasteiger partial charge >= 0.3 is 0 Å². The van der Waals surface area contributed by atoms with Gasteiger partial charge < -0.3 is 4.52 Å². The van der Waals surface area contributed by atoms with E-state index in [2.05, 4.69) is 36.1 Å². The van der Waals surface area contributed by atoms with Crippen molar-refractivity contribution in [2.75, 3.05) is 0 Å². The molecule has 3 rings (SSSR count). The maximum atomic E-state index is 5.36. The number of rotatable bonds is 0. The summed E-state index contributed by atoms with van der Waals surface area (Å²) in [6, 6.07) is 3.89. The molecule has 0 aliphatic carbocycles. The van der Waals surface area contributed by atoms with Gasteiger partial charge in [-0.3, -0.25) is 5.10 Å². The van der Waals surface area contributed by atoms with Gasteiger partial charge in [-0.15, -0.1) is 0 Å². The van der Waals surface area contributed by atoms with Crippen molar-refractivity contribution in [3.8, 4) is 0 Å². The summed E-state index contributed by atoms with van der Waals surface area (Å²) in [6.07, 6.45) is 1.82. The first kappa shape index (κ1) is 9.39. The quantitative estimate of drug-likeness (QED) is 0.627. The Morgan fingerprint density at radius 2 is 2.06 bits per heavy atom. The molecule has 1 aromatic carbocycles. The molecule has 0 saturated heterocycles. The smallest absolute Gasteiger partial charge is 0.167 e. The standard InChI is InChI=1S/C12H13N3O/c1-12(2,3)11-10-7-6-13-14-8(7)4-5-9(10)16-15-11/h4-6H,1-3H3,(H,13,14). The van der Waals surface area contributed by atoms with Gasteiger partial charge in [-0.05, 0) is 12.1 Å². The second kappa shape index (κ2) is 2.84. The average Bonchev–Trinajstić information content (AvgIpc) is 2.81. The summed E-state index contributed by atoms with van der Waals surface area (Å²) in [4.78, 5) is 0. The predicted octanol–water partition coefficient (Wildman–Crippen LogP) is 3.00. The van der Waals surface area contributed by atoms with Crippen molar-refractivity contribution < 1.29 is 4.52 Å². The molecule has 0 aliphatic heterocycles. The summed E-state index contributed by atoms with van der Waals surface area (Å²) in [6.45, 7) is 6.38. The van der Waals surface area contributed by atoms with E-state index >= 15 is 0 Å². The zero-order valence-corrected chi connectivity index (χ0v) is 9.53. The molecule has 0 spiro atoms. The first-order chi connectivity index (χ1) is 7.57. The van der Waals surface area contributed by atoms with E-state index in [1.54, 1.807) is 0 Å². The normalized spacial score (nSPS) is 12.7. The van der Waals surface area contributed by atoms with Crippen LogP contribution in [0, 0.1) is 0 Å². The number of hydrogen-bond donors (Lipinski definition) is 1. The summed E-state index contributed by atoms with van der Waals surface area (Å²) in [5.74, 6) is 0. The molecule has 2 aromatic heterocycles. The Hall–Kier alpha value is -1.84. The van der Waals surface area contributed by atoms with E-state index < -0.39 is 0 Å². The van der Waals surface area contributed by atoms with Crippen LogP contribution in [-0.4, -0.2) is 15.4 Å². The lowest BCUT2D eigenvalue weighted by molar-refractivity contribution is 0.419. The minimum absolute atomic E-state index is 0.0309. The lowest BCUT2D eigenvalue weighted by atomic mass is 9.89. The third-order valence-electron chi connectivity index (χ3n) is 2.77. The Morgan fingerprint density at radius 1 is 1.25 bits per heavy atom. The lowest BCUT2D eigenvalue weighted by Gasteiger charge is -2.14. The summed E-state index contributed by atoms with van der Waals surface area (Å²) < 4.78 is 5.36. The molecule has 0 fully saturated rings. The van der Waals surface area contributed by atoms with E-state index in [1.165, 1.54) is 0 Å². The van der Waals surface area contributed by atoms with Crippen LogP contribution in [0.2, 0.25) is 0 Å².